The van der Waals surface area contributed by atoms with E-state index in [0.717, 1.165) is 24.2 Å². The molecule has 0 atom stereocenters. The predicted molar refractivity (Wildman–Crippen MR) is 177 cm³/mol. The lowest BCUT2D eigenvalue weighted by Gasteiger charge is -2.19. The molecule has 0 saturated heterocycles. The number of nitrogens with zero attached hydrogens (tertiary/aromatic N) is 4. The van der Waals surface area contributed by atoms with E-state index < -0.39 is 0 Å². The molecule has 11 nitrogen and oxygen atoms in total. The molecule has 6 rings (SSSR count). The first-order valence-corrected chi connectivity index (χ1v) is 15.8. The average Bonchev–Trinajstić information content (AvgIpc) is 3.38. The van der Waals surface area contributed by atoms with Crippen LogP contribution in [0.25, 0.3) is 16.6 Å². The third kappa shape index (κ3) is 7.02. The van der Waals surface area contributed by atoms with Crippen LogP contribution in [0.15, 0.2) is 71.8 Å². The molecule has 47 heavy (non-hydrogen) atoms. The number of hydrogen-bond donors (Lipinski definition) is 0. The van der Waals surface area contributed by atoms with Crippen LogP contribution in [0.2, 0.25) is 5.02 Å². The number of methoxy groups -OCH3 is 2. The zero-order valence-electron chi connectivity index (χ0n) is 26.2. The molecule has 5 aromatic rings. The molecule has 244 valence electrons. The SMILES string of the molecule is COCCOc1cc2ncnc(Oc3ccc(CC(=O)c4c5n(n(-c6ccccc6)c4=O)CCCC5)cc3Cl)c2cc1OCCOC. The third-order valence-electron chi connectivity index (χ3n) is 7.88. The molecule has 2 aromatic heterocycles. The van der Waals surface area contributed by atoms with Gasteiger partial charge >= 0.3 is 0 Å². The van der Waals surface area contributed by atoms with Crippen LogP contribution in [0.3, 0.4) is 0 Å². The smallest absolute Gasteiger partial charge is 0.282 e. The molecule has 0 N–H and O–H groups in total. The number of carbonyl (C=O) groups excluding carboxylic acids is 1. The summed E-state index contributed by atoms with van der Waals surface area (Å²) in [7, 11) is 3.20. The predicted octanol–water partition coefficient (Wildman–Crippen LogP) is 5.84. The monoisotopic (exact) mass is 658 g/mol. The first kappa shape index (κ1) is 32.2. The third-order valence-corrected chi connectivity index (χ3v) is 8.18. The summed E-state index contributed by atoms with van der Waals surface area (Å²) < 4.78 is 31.8. The van der Waals surface area contributed by atoms with Crippen LogP contribution in [0.1, 0.15) is 34.5 Å². The van der Waals surface area contributed by atoms with Crippen molar-refractivity contribution in [1.29, 1.82) is 0 Å². The second-order valence-electron chi connectivity index (χ2n) is 11.0. The maximum absolute atomic E-state index is 13.7. The van der Waals surface area contributed by atoms with Crippen molar-refractivity contribution in [2.24, 2.45) is 0 Å². The molecule has 1 aliphatic rings. The van der Waals surface area contributed by atoms with Crippen molar-refractivity contribution in [3.63, 3.8) is 0 Å². The number of ether oxygens (including phenoxy) is 5. The van der Waals surface area contributed by atoms with Crippen molar-refractivity contribution in [2.75, 3.05) is 40.6 Å². The fourth-order valence-corrected chi connectivity index (χ4v) is 5.91. The molecule has 0 spiro atoms. The Morgan fingerprint density at radius 1 is 0.872 bits per heavy atom. The number of hydrogen-bond acceptors (Lipinski definition) is 9. The van der Waals surface area contributed by atoms with E-state index in [2.05, 4.69) is 9.97 Å². The van der Waals surface area contributed by atoms with E-state index in [9.17, 15) is 9.59 Å². The summed E-state index contributed by atoms with van der Waals surface area (Å²) in [4.78, 5) is 36.0. The van der Waals surface area contributed by atoms with Gasteiger partial charge in [0.25, 0.3) is 5.56 Å². The number of aromatic nitrogens is 4. The lowest BCUT2D eigenvalue weighted by atomic mass is 9.99. The Balaban J connectivity index is 1.25. The number of para-hydroxylation sites is 1. The molecule has 0 saturated carbocycles. The number of fused-ring (bicyclic) bond motifs is 2. The molecule has 1 aliphatic heterocycles. The van der Waals surface area contributed by atoms with Gasteiger partial charge in [-0.3, -0.25) is 14.3 Å². The van der Waals surface area contributed by atoms with E-state index in [1.807, 2.05) is 35.0 Å². The van der Waals surface area contributed by atoms with Crippen molar-refractivity contribution < 1.29 is 28.5 Å². The Hall–Kier alpha value is -4.71. The zero-order valence-corrected chi connectivity index (χ0v) is 27.0. The summed E-state index contributed by atoms with van der Waals surface area (Å²) >= 11 is 6.68. The van der Waals surface area contributed by atoms with Crippen LogP contribution in [0.5, 0.6) is 23.1 Å². The maximum atomic E-state index is 13.7. The Kier molecular flexibility index (Phi) is 10.2. The fraction of sp³-hybridized carbons (Fsp3) is 0.314. The van der Waals surface area contributed by atoms with Crippen molar-refractivity contribution in [3.8, 4) is 28.8 Å². The van der Waals surface area contributed by atoms with Gasteiger partial charge in [-0.25, -0.2) is 14.6 Å². The zero-order chi connectivity index (χ0) is 32.8. The number of rotatable bonds is 14. The topological polar surface area (TPSA) is 116 Å². The number of halogens is 1. The van der Waals surface area contributed by atoms with E-state index >= 15 is 0 Å². The Bertz CT molecular complexity index is 1940. The highest BCUT2D eigenvalue weighted by atomic mass is 35.5. The van der Waals surface area contributed by atoms with E-state index in [1.165, 1.54) is 6.33 Å². The number of Topliss-reactive ketones (excluding diaryl/α,β-unsaturated/α-hetero) is 1. The lowest BCUT2D eigenvalue weighted by Crippen LogP contribution is -2.24. The second kappa shape index (κ2) is 14.8. The van der Waals surface area contributed by atoms with Crippen molar-refractivity contribution in [1.82, 2.24) is 19.3 Å². The van der Waals surface area contributed by atoms with Crippen LogP contribution < -0.4 is 19.8 Å². The van der Waals surface area contributed by atoms with E-state index in [1.54, 1.807) is 49.2 Å². The Labute approximate surface area is 276 Å². The Morgan fingerprint density at radius 2 is 1.62 bits per heavy atom. The number of carbonyl (C=O) groups is 1. The molecule has 12 heteroatoms. The van der Waals surface area contributed by atoms with E-state index in [4.69, 9.17) is 35.3 Å². The number of ketones is 1. The van der Waals surface area contributed by atoms with Crippen LogP contribution >= 0.6 is 11.6 Å². The van der Waals surface area contributed by atoms with Gasteiger partial charge in [0.15, 0.2) is 17.3 Å². The summed E-state index contributed by atoms with van der Waals surface area (Å²) in [6.45, 7) is 2.13. The molecular weight excluding hydrogens is 624 g/mol. The van der Waals surface area contributed by atoms with Crippen LogP contribution in [0.4, 0.5) is 0 Å². The summed E-state index contributed by atoms with van der Waals surface area (Å²) in [6.07, 6.45) is 3.97. The molecule has 3 aromatic carbocycles. The van der Waals surface area contributed by atoms with E-state index in [-0.39, 0.29) is 29.2 Å². The van der Waals surface area contributed by atoms with Gasteiger partial charge < -0.3 is 23.7 Å². The quantitative estimate of drug-likeness (QED) is 0.107. The second-order valence-corrected chi connectivity index (χ2v) is 11.4. The van der Waals surface area contributed by atoms with E-state index in [0.29, 0.717) is 78.1 Å². The minimum absolute atomic E-state index is 0.0193. The molecule has 0 radical (unpaired) electrons. The first-order chi connectivity index (χ1) is 23.0. The first-order valence-electron chi connectivity index (χ1n) is 15.4. The summed E-state index contributed by atoms with van der Waals surface area (Å²) in [6, 6.07) is 18.1. The van der Waals surface area contributed by atoms with Crippen LogP contribution in [-0.4, -0.2) is 65.8 Å². The maximum Gasteiger partial charge on any atom is 0.282 e. The summed E-state index contributed by atoms with van der Waals surface area (Å²) in [5.41, 5.74) is 2.72. The molecule has 3 heterocycles. The van der Waals surface area contributed by atoms with Crippen molar-refractivity contribution >= 4 is 28.3 Å². The lowest BCUT2D eigenvalue weighted by molar-refractivity contribution is 0.0990. The van der Waals surface area contributed by atoms with Gasteiger partial charge in [-0.15, -0.1) is 0 Å². The minimum Gasteiger partial charge on any atom is -0.487 e. The molecule has 0 amide bonds. The van der Waals surface area contributed by atoms with Gasteiger partial charge in [-0.2, -0.15) is 0 Å². The van der Waals surface area contributed by atoms with Gasteiger partial charge in [0.05, 0.1) is 40.5 Å². The molecule has 0 unspecified atom stereocenters. The fourth-order valence-electron chi connectivity index (χ4n) is 5.67. The number of benzene rings is 3. The molecule has 0 aliphatic carbocycles. The van der Waals surface area contributed by atoms with Gasteiger partial charge in [-0.05, 0) is 55.2 Å². The molecule has 0 bridgehead atoms. The highest BCUT2D eigenvalue weighted by Crippen LogP contribution is 2.38. The highest BCUT2D eigenvalue weighted by Gasteiger charge is 2.27. The highest BCUT2D eigenvalue weighted by molar-refractivity contribution is 6.32. The van der Waals surface area contributed by atoms with Crippen LogP contribution in [-0.2, 0) is 28.9 Å². The molecular formula is C35H35ClN4O7. The summed E-state index contributed by atoms with van der Waals surface area (Å²) in [5.74, 6) is 1.35. The largest absolute Gasteiger partial charge is 0.487 e. The molecule has 0 fully saturated rings. The van der Waals surface area contributed by atoms with Gasteiger partial charge in [-0.1, -0.05) is 35.9 Å². The minimum atomic E-state index is -0.294. The van der Waals surface area contributed by atoms with Crippen molar-refractivity contribution in [2.45, 2.75) is 32.2 Å². The standard InChI is InChI=1S/C35H35ClN4O7/c1-43-14-16-45-31-20-25-27(21-32(31)46-17-15-44-2)37-22-38-34(25)47-30-12-11-23(18-26(30)36)19-29(41)33-28-10-6-7-13-39(28)40(35(33)42)24-8-4-3-5-9-24/h3-5,8-9,11-12,18,20-22H,6-7,10,13-17,19H2,1-2H3. The summed E-state index contributed by atoms with van der Waals surface area (Å²) in [5, 5.41) is 0.876. The normalized spacial score (nSPS) is 12.6. The van der Waals surface area contributed by atoms with Crippen LogP contribution in [0, 0.1) is 0 Å². The average molecular weight is 659 g/mol. The van der Waals surface area contributed by atoms with Gasteiger partial charge in [0.2, 0.25) is 5.88 Å². The Morgan fingerprint density at radius 3 is 2.34 bits per heavy atom. The van der Waals surface area contributed by atoms with Gasteiger partial charge in [0, 0.05) is 33.3 Å². The van der Waals surface area contributed by atoms with Crippen molar-refractivity contribution in [3.05, 3.63) is 99.2 Å². The van der Waals surface area contributed by atoms with Gasteiger partial charge in [0.1, 0.15) is 30.9 Å².